The van der Waals surface area contributed by atoms with Crippen molar-refractivity contribution in [3.05, 3.63) is 51.8 Å². The molecule has 1 aromatic carbocycles. The van der Waals surface area contributed by atoms with Gasteiger partial charge in [0.15, 0.2) is 0 Å². The number of hydrogen-bond acceptors (Lipinski definition) is 4. The number of benzene rings is 1. The van der Waals surface area contributed by atoms with Crippen molar-refractivity contribution in [1.29, 1.82) is 0 Å². The summed E-state index contributed by atoms with van der Waals surface area (Å²) in [7, 11) is 0. The van der Waals surface area contributed by atoms with E-state index in [0.717, 1.165) is 18.5 Å². The molecule has 0 spiro atoms. The van der Waals surface area contributed by atoms with Crippen LogP contribution in [0.5, 0.6) is 0 Å². The Morgan fingerprint density at radius 1 is 1.13 bits per heavy atom. The standard InChI is InChI=1S/C23H27ClN4O3/c1-14-19(15(2)26-20(14)22(30)25-13-16-6-7-16)21(29)23(31)28-10-8-27(9-11-28)18-5-3-4-17(24)12-18/h3-5,12,16,26H,6-11,13H2,1-2H3,(H,25,30). The van der Waals surface area contributed by atoms with Crippen LogP contribution in [0.15, 0.2) is 24.3 Å². The number of amides is 2. The fraction of sp³-hybridized carbons (Fsp3) is 0.435. The Morgan fingerprint density at radius 3 is 2.48 bits per heavy atom. The molecule has 2 aromatic rings. The lowest BCUT2D eigenvalue weighted by Gasteiger charge is -2.35. The third-order valence-corrected chi connectivity index (χ3v) is 6.31. The quantitative estimate of drug-likeness (QED) is 0.532. The first-order valence-electron chi connectivity index (χ1n) is 10.7. The molecule has 1 aliphatic carbocycles. The Kier molecular flexibility index (Phi) is 6.05. The fourth-order valence-corrected chi connectivity index (χ4v) is 4.24. The van der Waals surface area contributed by atoms with Crippen molar-refractivity contribution >= 4 is 34.9 Å². The van der Waals surface area contributed by atoms with Gasteiger partial charge in [0.2, 0.25) is 0 Å². The zero-order valence-corrected chi connectivity index (χ0v) is 18.6. The Hall–Kier alpha value is -2.80. The molecule has 2 heterocycles. The van der Waals surface area contributed by atoms with E-state index in [2.05, 4.69) is 15.2 Å². The molecule has 31 heavy (non-hydrogen) atoms. The van der Waals surface area contributed by atoms with E-state index >= 15 is 0 Å². The van der Waals surface area contributed by atoms with Crippen molar-refractivity contribution in [2.75, 3.05) is 37.6 Å². The third-order valence-electron chi connectivity index (χ3n) is 6.07. The van der Waals surface area contributed by atoms with Crippen LogP contribution in [0.4, 0.5) is 5.69 Å². The highest BCUT2D eigenvalue weighted by atomic mass is 35.5. The van der Waals surface area contributed by atoms with Gasteiger partial charge < -0.3 is 20.1 Å². The van der Waals surface area contributed by atoms with Crippen LogP contribution in [0.3, 0.4) is 0 Å². The summed E-state index contributed by atoms with van der Waals surface area (Å²) in [5.41, 5.74) is 2.75. The van der Waals surface area contributed by atoms with Gasteiger partial charge in [0.05, 0.1) is 5.56 Å². The number of nitrogens with one attached hydrogen (secondary N) is 2. The van der Waals surface area contributed by atoms with Crippen LogP contribution in [0.2, 0.25) is 5.02 Å². The molecule has 8 heteroatoms. The molecule has 4 rings (SSSR count). The highest BCUT2D eigenvalue weighted by molar-refractivity contribution is 6.43. The van der Waals surface area contributed by atoms with Crippen LogP contribution < -0.4 is 10.2 Å². The maximum absolute atomic E-state index is 13.0. The molecule has 2 amide bonds. The van der Waals surface area contributed by atoms with Gasteiger partial charge in [-0.1, -0.05) is 17.7 Å². The number of aryl methyl sites for hydroxylation is 1. The van der Waals surface area contributed by atoms with Gasteiger partial charge in [0, 0.05) is 49.1 Å². The molecule has 0 unspecified atom stereocenters. The van der Waals surface area contributed by atoms with Crippen LogP contribution in [0, 0.1) is 19.8 Å². The van der Waals surface area contributed by atoms with Crippen LogP contribution in [0.1, 0.15) is 44.9 Å². The van der Waals surface area contributed by atoms with Gasteiger partial charge in [0.25, 0.3) is 17.6 Å². The molecule has 0 atom stereocenters. The summed E-state index contributed by atoms with van der Waals surface area (Å²) in [6, 6.07) is 7.60. The van der Waals surface area contributed by atoms with E-state index in [1.54, 1.807) is 18.7 Å². The van der Waals surface area contributed by atoms with Gasteiger partial charge in [-0.05, 0) is 56.4 Å². The average Bonchev–Trinajstić information content (AvgIpc) is 3.55. The van der Waals surface area contributed by atoms with Gasteiger partial charge in [-0.25, -0.2) is 0 Å². The van der Waals surface area contributed by atoms with Gasteiger partial charge in [-0.15, -0.1) is 0 Å². The molecule has 7 nitrogen and oxygen atoms in total. The smallest absolute Gasteiger partial charge is 0.295 e. The van der Waals surface area contributed by atoms with Crippen molar-refractivity contribution in [2.45, 2.75) is 26.7 Å². The maximum Gasteiger partial charge on any atom is 0.295 e. The van der Waals surface area contributed by atoms with Crippen molar-refractivity contribution in [3.63, 3.8) is 0 Å². The first kappa shape index (κ1) is 21.4. The van der Waals surface area contributed by atoms with Crippen molar-refractivity contribution in [1.82, 2.24) is 15.2 Å². The van der Waals surface area contributed by atoms with Gasteiger partial charge in [-0.2, -0.15) is 0 Å². The van der Waals surface area contributed by atoms with Crippen LogP contribution >= 0.6 is 11.6 Å². The van der Waals surface area contributed by atoms with E-state index in [-0.39, 0.29) is 5.91 Å². The number of rotatable bonds is 6. The molecule has 1 saturated carbocycles. The third kappa shape index (κ3) is 4.61. The van der Waals surface area contributed by atoms with Crippen molar-refractivity contribution in [3.8, 4) is 0 Å². The predicted molar refractivity (Wildman–Crippen MR) is 120 cm³/mol. The summed E-state index contributed by atoms with van der Waals surface area (Å²) in [6.45, 7) is 6.24. The molecule has 2 N–H and O–H groups in total. The van der Waals surface area contributed by atoms with Gasteiger partial charge in [0.1, 0.15) is 5.69 Å². The summed E-state index contributed by atoms with van der Waals surface area (Å²) in [5, 5.41) is 3.57. The number of Topliss-reactive ketones (excluding diaryl/α,β-unsaturated/α-hetero) is 1. The molecule has 0 radical (unpaired) electrons. The number of ketones is 1. The minimum absolute atomic E-state index is 0.228. The van der Waals surface area contributed by atoms with E-state index < -0.39 is 11.7 Å². The molecule has 2 aliphatic rings. The van der Waals surface area contributed by atoms with Crippen molar-refractivity contribution in [2.24, 2.45) is 5.92 Å². The second-order valence-corrected chi connectivity index (χ2v) is 8.80. The monoisotopic (exact) mass is 442 g/mol. The van der Waals surface area contributed by atoms with Crippen LogP contribution in [0.25, 0.3) is 0 Å². The topological polar surface area (TPSA) is 85.5 Å². The zero-order chi connectivity index (χ0) is 22.1. The van der Waals surface area contributed by atoms with E-state index in [1.807, 2.05) is 24.3 Å². The largest absolute Gasteiger partial charge is 0.368 e. The highest BCUT2D eigenvalue weighted by Gasteiger charge is 2.31. The van der Waals surface area contributed by atoms with E-state index in [4.69, 9.17) is 11.6 Å². The number of aromatic nitrogens is 1. The summed E-state index contributed by atoms with van der Waals surface area (Å²) in [6.07, 6.45) is 2.29. The molecule has 1 saturated heterocycles. The molecule has 2 fully saturated rings. The SMILES string of the molecule is Cc1[nH]c(C(=O)NCC2CC2)c(C)c1C(=O)C(=O)N1CCN(c2cccc(Cl)c2)CC1. The molecule has 0 bridgehead atoms. The summed E-state index contributed by atoms with van der Waals surface area (Å²) in [5.74, 6) is -0.757. The Morgan fingerprint density at radius 2 is 1.84 bits per heavy atom. The number of carbonyl (C=O) groups is 3. The Balaban J connectivity index is 1.41. The maximum atomic E-state index is 13.0. The summed E-state index contributed by atoms with van der Waals surface area (Å²) >= 11 is 6.08. The number of hydrogen-bond donors (Lipinski definition) is 2. The van der Waals surface area contributed by atoms with Crippen molar-refractivity contribution < 1.29 is 14.4 Å². The minimum Gasteiger partial charge on any atom is -0.368 e. The average molecular weight is 443 g/mol. The highest BCUT2D eigenvalue weighted by Crippen LogP contribution is 2.28. The van der Waals surface area contributed by atoms with E-state index in [9.17, 15) is 14.4 Å². The number of piperazine rings is 1. The lowest BCUT2D eigenvalue weighted by Crippen LogP contribution is -2.50. The first-order chi connectivity index (χ1) is 14.8. The second kappa shape index (κ2) is 8.75. The van der Waals surface area contributed by atoms with Crippen LogP contribution in [-0.2, 0) is 4.79 Å². The van der Waals surface area contributed by atoms with Crippen LogP contribution in [-0.4, -0.2) is 60.2 Å². The minimum atomic E-state index is -0.566. The Bertz CT molecular complexity index is 1020. The fourth-order valence-electron chi connectivity index (χ4n) is 4.06. The van der Waals surface area contributed by atoms with E-state index in [1.165, 1.54) is 0 Å². The lowest BCUT2D eigenvalue weighted by molar-refractivity contribution is -0.126. The number of aromatic amines is 1. The zero-order valence-electron chi connectivity index (χ0n) is 17.8. The normalized spacial score (nSPS) is 16.4. The second-order valence-electron chi connectivity index (χ2n) is 8.37. The number of carbonyl (C=O) groups excluding carboxylic acids is 3. The lowest BCUT2D eigenvalue weighted by atomic mass is 10.0. The number of anilines is 1. The Labute approximate surface area is 186 Å². The molecule has 1 aromatic heterocycles. The summed E-state index contributed by atoms with van der Waals surface area (Å²) < 4.78 is 0. The number of nitrogens with zero attached hydrogens (tertiary/aromatic N) is 2. The molecule has 1 aliphatic heterocycles. The number of halogens is 1. The van der Waals surface area contributed by atoms with Gasteiger partial charge >= 0.3 is 0 Å². The predicted octanol–water partition coefficient (Wildman–Crippen LogP) is 2.96. The first-order valence-corrected chi connectivity index (χ1v) is 11.0. The molecular weight excluding hydrogens is 416 g/mol. The van der Waals surface area contributed by atoms with Gasteiger partial charge in [-0.3, -0.25) is 14.4 Å². The number of H-pyrrole nitrogens is 1. The molecular formula is C23H27ClN4O3. The van der Waals surface area contributed by atoms with E-state index in [0.29, 0.717) is 66.2 Å². The molecule has 164 valence electrons. The summed E-state index contributed by atoms with van der Waals surface area (Å²) in [4.78, 5) is 45.2.